The molecule has 4 nitrogen and oxygen atoms in total. The molecule has 0 amide bonds. The van der Waals surface area contributed by atoms with Crippen molar-refractivity contribution in [3.05, 3.63) is 0 Å². The van der Waals surface area contributed by atoms with Gasteiger partial charge in [0, 0.05) is 48.3 Å². The minimum Gasteiger partial charge on any atom is -0.311 e. The van der Waals surface area contributed by atoms with Crippen LogP contribution in [-0.4, -0.2) is 48.3 Å². The lowest BCUT2D eigenvalue weighted by Gasteiger charge is -2.40. The molecule has 5 aliphatic heterocycles. The van der Waals surface area contributed by atoms with Crippen molar-refractivity contribution >= 4 is 0 Å². The minimum absolute atomic E-state index is 0.793. The van der Waals surface area contributed by atoms with Crippen molar-refractivity contribution in [3.63, 3.8) is 0 Å². The van der Waals surface area contributed by atoms with E-state index in [4.69, 9.17) is 21.3 Å². The average molecular weight is 653 g/mol. The zero-order chi connectivity index (χ0) is 30.8. The Labute approximate surface area is 292 Å². The first kappa shape index (κ1) is 29.3. The van der Waals surface area contributed by atoms with Gasteiger partial charge in [0.15, 0.2) is 0 Å². The van der Waals surface area contributed by atoms with E-state index in [1.165, 1.54) is 77.0 Å². The van der Waals surface area contributed by atoms with E-state index >= 15 is 0 Å². The van der Waals surface area contributed by atoms with Gasteiger partial charge < -0.3 is 21.3 Å². The fraction of sp³-hybridized carbons (Fsp3) is 1.00. The highest BCUT2D eigenvalue weighted by Crippen LogP contribution is 2.68. The summed E-state index contributed by atoms with van der Waals surface area (Å²) < 4.78 is 0. The highest BCUT2D eigenvalue weighted by Gasteiger charge is 2.71. The maximum atomic E-state index is 4.77. The summed E-state index contributed by atoms with van der Waals surface area (Å²) in [6, 6.07) is 6.48. The molecule has 13 rings (SSSR count). The standard InChI is InChI=1S/C44H68N4/c1-5-13-25-21(9-1)33-29-17-18-30(45-29)34-23-11-3-7-15-27(23)39-40-28-16-8-4-12-24(28)36(44(40)48-43(34)39)32-20-19-31(46-32)35-22-10-2-6-14-26(22)38-37(25)41(33)47-42(35)38/h21-48H,1-20H2. The van der Waals surface area contributed by atoms with Crippen molar-refractivity contribution in [1.82, 2.24) is 21.3 Å². The summed E-state index contributed by atoms with van der Waals surface area (Å²) in [7, 11) is 0. The van der Waals surface area contributed by atoms with Gasteiger partial charge in [-0.05, 0) is 172 Å². The fourth-order valence-corrected chi connectivity index (χ4v) is 20.2. The lowest BCUT2D eigenvalue weighted by Crippen LogP contribution is -2.55. The molecule has 4 heteroatoms. The second-order valence-corrected chi connectivity index (χ2v) is 21.4. The van der Waals surface area contributed by atoms with Crippen LogP contribution in [0.15, 0.2) is 0 Å². The van der Waals surface area contributed by atoms with E-state index in [1.54, 1.807) is 51.4 Å². The Morgan fingerprint density at radius 2 is 0.417 bits per heavy atom. The molecule has 0 radical (unpaired) electrons. The van der Waals surface area contributed by atoms with E-state index in [-0.39, 0.29) is 0 Å². The van der Waals surface area contributed by atoms with Crippen LogP contribution >= 0.6 is 0 Å². The Morgan fingerprint density at radius 3 is 0.646 bits per heavy atom. The summed E-state index contributed by atoms with van der Waals surface area (Å²) >= 11 is 0. The maximum Gasteiger partial charge on any atom is 0.0150 e. The summed E-state index contributed by atoms with van der Waals surface area (Å²) in [6.45, 7) is 0. The van der Waals surface area contributed by atoms with Crippen LogP contribution in [0.1, 0.15) is 128 Å². The van der Waals surface area contributed by atoms with Gasteiger partial charge in [-0.15, -0.1) is 0 Å². The molecule has 8 bridgehead atoms. The Kier molecular flexibility index (Phi) is 6.54. The van der Waals surface area contributed by atoms with E-state index in [1.807, 2.05) is 0 Å². The molecule has 13 aliphatic rings. The summed E-state index contributed by atoms with van der Waals surface area (Å²) in [5.74, 6) is 15.9. The van der Waals surface area contributed by atoms with Crippen molar-refractivity contribution < 1.29 is 0 Å². The Morgan fingerprint density at radius 1 is 0.208 bits per heavy atom. The van der Waals surface area contributed by atoms with E-state index in [9.17, 15) is 0 Å². The van der Waals surface area contributed by atoms with E-state index < -0.39 is 0 Å². The second kappa shape index (κ2) is 10.7. The molecule has 8 aliphatic carbocycles. The van der Waals surface area contributed by atoms with Gasteiger partial charge in [0.2, 0.25) is 0 Å². The minimum atomic E-state index is 0.793. The molecule has 8 saturated carbocycles. The third-order valence-electron chi connectivity index (χ3n) is 20.7. The molecule has 13 fully saturated rings. The summed E-state index contributed by atoms with van der Waals surface area (Å²) in [6.07, 6.45) is 30.7. The zero-order valence-electron chi connectivity index (χ0n) is 30.0. The third-order valence-corrected chi connectivity index (χ3v) is 20.7. The lowest BCUT2D eigenvalue weighted by atomic mass is 9.68. The molecule has 0 aromatic carbocycles. The quantitative estimate of drug-likeness (QED) is 0.225. The first-order valence-electron chi connectivity index (χ1n) is 22.9. The molecule has 264 valence electrons. The highest BCUT2D eigenvalue weighted by atomic mass is 15.2. The summed E-state index contributed by atoms with van der Waals surface area (Å²) in [4.78, 5) is 0. The SMILES string of the molecule is C1CCC2C(C1)C1C3CCC(N3)C3C4CCCCC4C4C3NC3C(C5CCC(N5)C5C6CCCCC6C6C5NC1C26)C1CCCCC1C34. The third kappa shape index (κ3) is 3.70. The van der Waals surface area contributed by atoms with E-state index in [0.29, 0.717) is 0 Å². The molecule has 24 unspecified atom stereocenters. The number of hydrogen-bond donors (Lipinski definition) is 4. The van der Waals surface area contributed by atoms with Gasteiger partial charge in [0.25, 0.3) is 0 Å². The fourth-order valence-electron chi connectivity index (χ4n) is 20.2. The lowest BCUT2D eigenvalue weighted by molar-refractivity contribution is 0.117. The maximum absolute atomic E-state index is 4.77. The topological polar surface area (TPSA) is 48.1 Å². The second-order valence-electron chi connectivity index (χ2n) is 21.4. The molecule has 0 spiro atoms. The predicted molar refractivity (Wildman–Crippen MR) is 191 cm³/mol. The van der Waals surface area contributed by atoms with Gasteiger partial charge in [0.05, 0.1) is 0 Å². The molecular formula is C44H68N4. The number of nitrogens with one attached hydrogen (secondary N) is 4. The smallest absolute Gasteiger partial charge is 0.0150 e. The van der Waals surface area contributed by atoms with Crippen LogP contribution in [0.2, 0.25) is 0 Å². The normalized spacial score (nSPS) is 66.0. The average Bonchev–Trinajstić information content (AvgIpc) is 3.96. The molecule has 24 atom stereocenters. The highest BCUT2D eigenvalue weighted by molar-refractivity contribution is 5.25. The molecule has 5 saturated heterocycles. The van der Waals surface area contributed by atoms with Crippen LogP contribution in [0.4, 0.5) is 0 Å². The van der Waals surface area contributed by atoms with Crippen molar-refractivity contribution in [2.75, 3.05) is 0 Å². The van der Waals surface area contributed by atoms with Crippen molar-refractivity contribution in [1.29, 1.82) is 0 Å². The Balaban J connectivity index is 0.941. The molecule has 0 aromatic rings. The van der Waals surface area contributed by atoms with E-state index in [2.05, 4.69) is 0 Å². The molecule has 5 heterocycles. The van der Waals surface area contributed by atoms with Gasteiger partial charge in [-0.3, -0.25) is 0 Å². The largest absolute Gasteiger partial charge is 0.311 e. The first-order valence-corrected chi connectivity index (χ1v) is 22.9. The Hall–Kier alpha value is -0.160. The van der Waals surface area contributed by atoms with Crippen LogP contribution in [0.25, 0.3) is 0 Å². The van der Waals surface area contributed by atoms with Crippen LogP contribution in [0.3, 0.4) is 0 Å². The number of rotatable bonds is 0. The van der Waals surface area contributed by atoms with Crippen molar-refractivity contribution in [2.24, 2.45) is 94.7 Å². The van der Waals surface area contributed by atoms with Gasteiger partial charge in [-0.1, -0.05) is 51.4 Å². The predicted octanol–water partition coefficient (Wildman–Crippen LogP) is 7.13. The summed E-state index contributed by atoms with van der Waals surface area (Å²) in [5.41, 5.74) is 0. The number of hydrogen-bond acceptors (Lipinski definition) is 4. The summed E-state index contributed by atoms with van der Waals surface area (Å²) in [5, 5.41) is 18.9. The monoisotopic (exact) mass is 653 g/mol. The Bertz CT molecular complexity index is 1100. The molecule has 4 N–H and O–H groups in total. The first-order chi connectivity index (χ1) is 23.8. The van der Waals surface area contributed by atoms with E-state index in [0.717, 1.165) is 143 Å². The molecule has 0 aromatic heterocycles. The van der Waals surface area contributed by atoms with Crippen LogP contribution < -0.4 is 21.3 Å². The van der Waals surface area contributed by atoms with Gasteiger partial charge in [-0.2, -0.15) is 0 Å². The van der Waals surface area contributed by atoms with Crippen LogP contribution in [0, 0.1) is 94.7 Å². The zero-order valence-corrected chi connectivity index (χ0v) is 30.0. The van der Waals surface area contributed by atoms with Crippen molar-refractivity contribution in [3.8, 4) is 0 Å². The van der Waals surface area contributed by atoms with Crippen LogP contribution in [-0.2, 0) is 0 Å². The number of fused-ring (bicyclic) bond motifs is 22. The molecular weight excluding hydrogens is 585 g/mol. The van der Waals surface area contributed by atoms with Crippen molar-refractivity contribution in [2.45, 2.75) is 177 Å². The van der Waals surface area contributed by atoms with Gasteiger partial charge in [0.1, 0.15) is 0 Å². The van der Waals surface area contributed by atoms with Crippen LogP contribution in [0.5, 0.6) is 0 Å². The van der Waals surface area contributed by atoms with Gasteiger partial charge >= 0.3 is 0 Å². The molecule has 48 heavy (non-hydrogen) atoms. The van der Waals surface area contributed by atoms with Gasteiger partial charge in [-0.25, -0.2) is 0 Å².